The van der Waals surface area contributed by atoms with Gasteiger partial charge in [-0.25, -0.2) is 0 Å². The summed E-state index contributed by atoms with van der Waals surface area (Å²) in [5, 5.41) is 0. The summed E-state index contributed by atoms with van der Waals surface area (Å²) in [6.07, 6.45) is 0. The summed E-state index contributed by atoms with van der Waals surface area (Å²) in [5.41, 5.74) is 0. The molecular formula is H2Ca3O9Sb2. The van der Waals surface area contributed by atoms with Crippen molar-refractivity contribution in [3.63, 3.8) is 0 Å². The number of rotatable bonds is 0. The molecule has 0 aromatic carbocycles. The van der Waals surface area contributed by atoms with Gasteiger partial charge in [0.25, 0.3) is 0 Å². The molecule has 0 aliphatic heterocycles. The molecule has 0 radical (unpaired) electrons. The predicted molar refractivity (Wildman–Crippen MR) is 33.8 cm³/mol. The van der Waals surface area contributed by atoms with Crippen LogP contribution >= 0.6 is 0 Å². The normalized spacial score (nSPS) is 8.43. The van der Waals surface area contributed by atoms with Crippen molar-refractivity contribution in [1.82, 2.24) is 0 Å². The van der Waals surface area contributed by atoms with Gasteiger partial charge >= 0.3 is 180 Å². The van der Waals surface area contributed by atoms with Crippen molar-refractivity contribution in [2.45, 2.75) is 0 Å². The Hall–Kier alpha value is 4.74. The van der Waals surface area contributed by atoms with Crippen molar-refractivity contribution >= 4 is 153 Å². The van der Waals surface area contributed by atoms with Crippen LogP contribution in [0, 0.1) is 0 Å². The molecule has 14 heteroatoms. The van der Waals surface area contributed by atoms with Gasteiger partial charge in [0.1, 0.15) is 0 Å². The molecular weight excluding hydrogens is 508 g/mol. The Kier molecular flexibility index (Phi) is 46.0. The van der Waals surface area contributed by atoms with E-state index in [1.807, 2.05) is 0 Å². The Morgan fingerprint density at radius 2 is 0.571 bits per heavy atom. The molecule has 0 saturated carbocycles. The number of hydrogen-bond acceptors (Lipinski definition) is 8. The fraction of sp³-hybridized carbons (Fsp3) is 0. The molecule has 0 bridgehead atoms. The second kappa shape index (κ2) is 17.7. The summed E-state index contributed by atoms with van der Waals surface area (Å²) in [6, 6.07) is 0. The van der Waals surface area contributed by atoms with Crippen molar-refractivity contribution < 1.29 is 31.8 Å². The summed E-state index contributed by atoms with van der Waals surface area (Å²) in [7, 11) is 0. The van der Waals surface area contributed by atoms with Crippen molar-refractivity contribution in [2.75, 3.05) is 0 Å². The maximum absolute atomic E-state index is 8.64. The Bertz CT molecular complexity index is 130. The summed E-state index contributed by atoms with van der Waals surface area (Å²) >= 11 is -12.2. The topological polar surface area (TPSA) is 204 Å². The van der Waals surface area contributed by atoms with Crippen LogP contribution in [0.1, 0.15) is 0 Å². The van der Waals surface area contributed by atoms with E-state index >= 15 is 0 Å². The SMILES string of the molecule is O.[Ca+2].[Ca+2].[Ca+2].[O]=[Sb]([O-])([O-])[O-].[O]=[Sb]([O-])([O-])[O-]. The Labute approximate surface area is 180 Å². The standard InChI is InChI=1S/3Ca.H2O.8O.2Sb/h;;;1H2;;;;;;;;;;/q3*+2;;;;6*-1;;. The Morgan fingerprint density at radius 3 is 0.571 bits per heavy atom. The molecule has 0 aromatic rings. The van der Waals surface area contributed by atoms with Crippen molar-refractivity contribution in [2.24, 2.45) is 0 Å². The van der Waals surface area contributed by atoms with Gasteiger partial charge in [0.05, 0.1) is 0 Å². The summed E-state index contributed by atoms with van der Waals surface area (Å²) in [5.74, 6) is 0. The second-order valence-electron chi connectivity index (χ2n) is 0.894. The fourth-order valence-corrected chi connectivity index (χ4v) is 0. The third-order valence-electron chi connectivity index (χ3n) is 0. The van der Waals surface area contributed by atoms with Gasteiger partial charge in [-0.05, 0) is 0 Å². The summed E-state index contributed by atoms with van der Waals surface area (Å²) in [6.45, 7) is 0. The van der Waals surface area contributed by atoms with Crippen LogP contribution in [0.3, 0.4) is 0 Å². The maximum atomic E-state index is 8.64. The van der Waals surface area contributed by atoms with E-state index in [1.165, 1.54) is 0 Å². The van der Waals surface area contributed by atoms with E-state index in [0.29, 0.717) is 0 Å². The zero-order valence-electron chi connectivity index (χ0n) is 6.78. The van der Waals surface area contributed by atoms with Gasteiger partial charge in [0, 0.05) is 0 Å². The molecule has 0 amide bonds. The fourth-order valence-electron chi connectivity index (χ4n) is 0. The van der Waals surface area contributed by atoms with Gasteiger partial charge in [-0.2, -0.15) is 0 Å². The van der Waals surface area contributed by atoms with Crippen LogP contribution in [0.2, 0.25) is 0 Å². The molecule has 0 heterocycles. The van der Waals surface area contributed by atoms with Crippen LogP contribution < -0.4 is 20.3 Å². The molecule has 0 unspecified atom stereocenters. The summed E-state index contributed by atoms with van der Waals surface area (Å²) < 4.78 is 69.1. The third kappa shape index (κ3) is 185. The molecule has 0 saturated heterocycles. The molecule has 0 rings (SSSR count). The third-order valence-corrected chi connectivity index (χ3v) is 0. The average molecular weight is 510 g/mol. The first-order valence-corrected chi connectivity index (χ1v) is 9.80. The van der Waals surface area contributed by atoms with Gasteiger partial charge in [0.2, 0.25) is 0 Å². The molecule has 0 aliphatic carbocycles. The summed E-state index contributed by atoms with van der Waals surface area (Å²) in [4.78, 5) is 0. The number of hydrogen-bond donors (Lipinski definition) is 0. The first-order chi connectivity index (χ1) is 4.00. The van der Waals surface area contributed by atoms with Crippen LogP contribution in [0.4, 0.5) is 0 Å². The monoisotopic (exact) mass is 508 g/mol. The second-order valence-corrected chi connectivity index (χ2v) is 6.00. The van der Waals surface area contributed by atoms with E-state index in [4.69, 9.17) is 26.3 Å². The predicted octanol–water partition coefficient (Wildman–Crippen LogP) is -10.1. The van der Waals surface area contributed by atoms with E-state index in [0.717, 1.165) is 0 Å². The van der Waals surface area contributed by atoms with E-state index < -0.39 is 40.1 Å². The Morgan fingerprint density at radius 1 is 0.571 bits per heavy atom. The van der Waals surface area contributed by atoms with Gasteiger partial charge in [-0.1, -0.05) is 0 Å². The van der Waals surface area contributed by atoms with Gasteiger partial charge in [0.15, 0.2) is 0 Å². The Balaban J connectivity index is -0.0000000178. The van der Waals surface area contributed by atoms with Crippen LogP contribution in [-0.2, 0) is 6.03 Å². The molecule has 0 aliphatic rings. The van der Waals surface area contributed by atoms with Crippen LogP contribution in [0.25, 0.3) is 0 Å². The van der Waals surface area contributed by atoms with Crippen LogP contribution in [0.5, 0.6) is 0 Å². The average Bonchev–Trinajstić information content (AvgIpc) is 1.12. The molecule has 0 aromatic heterocycles. The van der Waals surface area contributed by atoms with Gasteiger partial charge in [-0.15, -0.1) is 0 Å². The minimum absolute atomic E-state index is 0. The molecule has 0 fully saturated rings. The van der Waals surface area contributed by atoms with E-state index in [1.54, 1.807) is 0 Å². The minimum atomic E-state index is -6.10. The van der Waals surface area contributed by atoms with Crippen LogP contribution in [0.15, 0.2) is 0 Å². The molecule has 9 nitrogen and oxygen atoms in total. The molecule has 0 spiro atoms. The van der Waals surface area contributed by atoms with Crippen molar-refractivity contribution in [3.05, 3.63) is 0 Å². The van der Waals surface area contributed by atoms with E-state index in [-0.39, 0.29) is 119 Å². The van der Waals surface area contributed by atoms with Gasteiger partial charge < -0.3 is 5.48 Å². The molecule has 2 N–H and O–H groups in total. The van der Waals surface area contributed by atoms with Crippen LogP contribution in [-0.4, -0.2) is 159 Å². The van der Waals surface area contributed by atoms with Gasteiger partial charge in [-0.3, -0.25) is 0 Å². The zero-order chi connectivity index (χ0) is 9.00. The van der Waals surface area contributed by atoms with E-state index in [2.05, 4.69) is 0 Å². The quantitative estimate of drug-likeness (QED) is 0.286. The first kappa shape index (κ1) is 36.3. The first-order valence-electron chi connectivity index (χ1n) is 1.46. The van der Waals surface area contributed by atoms with Crippen molar-refractivity contribution in [1.29, 1.82) is 0 Å². The zero-order valence-corrected chi connectivity index (χ0v) is 18.5. The van der Waals surface area contributed by atoms with E-state index in [9.17, 15) is 0 Å². The molecule has 0 atom stereocenters. The molecule has 14 heavy (non-hydrogen) atoms. The molecule has 72 valence electrons. The van der Waals surface area contributed by atoms with Crippen molar-refractivity contribution in [3.8, 4) is 0 Å².